The minimum absolute atomic E-state index is 0.192. The van der Waals surface area contributed by atoms with Gasteiger partial charge in [0.25, 0.3) is 0 Å². The van der Waals surface area contributed by atoms with Crippen LogP contribution in [0.1, 0.15) is 11.8 Å². The van der Waals surface area contributed by atoms with E-state index in [2.05, 4.69) is 34.2 Å². The third kappa shape index (κ3) is 1.22. The van der Waals surface area contributed by atoms with Gasteiger partial charge >= 0.3 is 0 Å². The molecule has 0 radical (unpaired) electrons. The molecule has 5 rings (SSSR count). The summed E-state index contributed by atoms with van der Waals surface area (Å²) >= 11 is 1.88. The molecular weight excluding hydrogens is 230 g/mol. The highest BCUT2D eigenvalue weighted by atomic mass is 32.1. The van der Waals surface area contributed by atoms with Crippen LogP contribution in [-0.2, 0) is 5.41 Å². The van der Waals surface area contributed by atoms with Crippen LogP contribution in [-0.4, -0.2) is 48.7 Å². The maximum Gasteiger partial charge on any atom is 0.0507 e. The molecule has 4 aliphatic rings. The monoisotopic (exact) mass is 249 g/mol. The molecule has 0 spiro atoms. The fourth-order valence-electron chi connectivity index (χ4n) is 4.45. The van der Waals surface area contributed by atoms with E-state index in [0.717, 1.165) is 19.8 Å². The van der Waals surface area contributed by atoms with Crippen molar-refractivity contribution >= 4 is 11.3 Å². The van der Waals surface area contributed by atoms with Crippen molar-refractivity contribution in [3.05, 3.63) is 22.4 Å². The molecule has 1 aromatic heterocycles. The van der Waals surface area contributed by atoms with E-state index in [1.807, 2.05) is 11.3 Å². The fraction of sp³-hybridized carbons (Fsp3) is 0.692. The lowest BCUT2D eigenvalue weighted by Crippen LogP contribution is -2.80. The van der Waals surface area contributed by atoms with Gasteiger partial charge in [-0.3, -0.25) is 9.80 Å². The van der Waals surface area contributed by atoms with Crippen molar-refractivity contribution < 1.29 is 0 Å². The van der Waals surface area contributed by atoms with Gasteiger partial charge in [0.15, 0.2) is 0 Å². The molecule has 1 aromatic rings. The molecule has 3 atom stereocenters. The van der Waals surface area contributed by atoms with Crippen LogP contribution in [0.5, 0.6) is 0 Å². The van der Waals surface area contributed by atoms with Crippen LogP contribution in [0.15, 0.2) is 17.5 Å². The van der Waals surface area contributed by atoms with E-state index in [1.54, 1.807) is 0 Å². The minimum atomic E-state index is 0.192. The molecule has 4 saturated heterocycles. The van der Waals surface area contributed by atoms with Crippen molar-refractivity contribution in [3.63, 3.8) is 0 Å². The predicted octanol–water partition coefficient (Wildman–Crippen LogP) is 0.922. The van der Waals surface area contributed by atoms with Crippen molar-refractivity contribution in [2.75, 3.05) is 32.8 Å². The van der Waals surface area contributed by atoms with Crippen molar-refractivity contribution in [2.45, 2.75) is 18.4 Å². The zero-order valence-corrected chi connectivity index (χ0v) is 11.0. The summed E-state index contributed by atoms with van der Waals surface area (Å²) in [5.74, 6) is 0. The molecular formula is C13H19N3S. The van der Waals surface area contributed by atoms with E-state index in [1.165, 1.54) is 18.0 Å². The molecule has 4 fully saturated rings. The normalized spacial score (nSPS) is 52.0. The standard InChI is InChI=1S/C13H19N3S/c1-12-5-15-7-13(11(12)14,8-16(6-12)9-15)10-3-2-4-17-10/h2-4,11H,5-9,14H2,1H3. The van der Waals surface area contributed by atoms with Crippen LogP contribution in [0, 0.1) is 5.41 Å². The Morgan fingerprint density at radius 1 is 1.29 bits per heavy atom. The Balaban J connectivity index is 1.85. The molecule has 0 amide bonds. The molecule has 3 nitrogen and oxygen atoms in total. The van der Waals surface area contributed by atoms with Gasteiger partial charge in [-0.1, -0.05) is 13.0 Å². The zero-order valence-electron chi connectivity index (χ0n) is 10.2. The maximum atomic E-state index is 6.68. The van der Waals surface area contributed by atoms with E-state index < -0.39 is 0 Å². The lowest BCUT2D eigenvalue weighted by Gasteiger charge is -2.66. The molecule has 3 unspecified atom stereocenters. The van der Waals surface area contributed by atoms with Gasteiger partial charge in [0.05, 0.1) is 6.67 Å². The first-order valence-corrected chi connectivity index (χ1v) is 7.25. The SMILES string of the molecule is CC12CN3CN(C1)CC(c1cccs1)(C3)C2N. The van der Waals surface area contributed by atoms with Gasteiger partial charge in [-0.2, -0.15) is 0 Å². The Kier molecular flexibility index (Phi) is 1.93. The summed E-state index contributed by atoms with van der Waals surface area (Å²) < 4.78 is 0. The highest BCUT2D eigenvalue weighted by molar-refractivity contribution is 7.10. The number of thiophene rings is 1. The molecule has 0 aromatic carbocycles. The highest BCUT2D eigenvalue weighted by Gasteiger charge is 2.60. The lowest BCUT2D eigenvalue weighted by atomic mass is 9.59. The number of hydrogen-bond donors (Lipinski definition) is 1. The second kappa shape index (κ2) is 3.12. The van der Waals surface area contributed by atoms with Crippen LogP contribution in [0.25, 0.3) is 0 Å². The van der Waals surface area contributed by atoms with Crippen LogP contribution in [0.4, 0.5) is 0 Å². The Hall–Kier alpha value is -0.420. The molecule has 0 aliphatic carbocycles. The fourth-order valence-corrected chi connectivity index (χ4v) is 5.40. The van der Waals surface area contributed by atoms with Gasteiger partial charge in [0.2, 0.25) is 0 Å². The summed E-state index contributed by atoms with van der Waals surface area (Å²) in [6.07, 6.45) is 0. The minimum Gasteiger partial charge on any atom is -0.326 e. The summed E-state index contributed by atoms with van der Waals surface area (Å²) in [6, 6.07) is 4.75. The molecule has 17 heavy (non-hydrogen) atoms. The molecule has 2 N–H and O–H groups in total. The third-order valence-electron chi connectivity index (χ3n) is 4.94. The molecule has 4 bridgehead atoms. The molecule has 92 valence electrons. The quantitative estimate of drug-likeness (QED) is 0.803. The van der Waals surface area contributed by atoms with E-state index in [4.69, 9.17) is 5.73 Å². The van der Waals surface area contributed by atoms with Crippen molar-refractivity contribution in [1.29, 1.82) is 0 Å². The highest BCUT2D eigenvalue weighted by Crippen LogP contribution is 2.50. The van der Waals surface area contributed by atoms with Crippen molar-refractivity contribution in [3.8, 4) is 0 Å². The Morgan fingerprint density at radius 3 is 2.59 bits per heavy atom. The maximum absolute atomic E-state index is 6.68. The topological polar surface area (TPSA) is 32.5 Å². The van der Waals surface area contributed by atoms with E-state index in [0.29, 0.717) is 6.04 Å². The van der Waals surface area contributed by atoms with Crippen molar-refractivity contribution in [1.82, 2.24) is 9.80 Å². The van der Waals surface area contributed by atoms with Gasteiger partial charge in [-0.05, 0) is 11.4 Å². The van der Waals surface area contributed by atoms with Crippen molar-refractivity contribution in [2.24, 2.45) is 11.1 Å². The number of nitrogens with zero attached hydrogens (tertiary/aromatic N) is 2. The largest absolute Gasteiger partial charge is 0.326 e. The summed E-state index contributed by atoms with van der Waals surface area (Å²) in [6.45, 7) is 8.18. The van der Waals surface area contributed by atoms with Gasteiger partial charge < -0.3 is 5.73 Å². The van der Waals surface area contributed by atoms with Gasteiger partial charge in [0.1, 0.15) is 0 Å². The molecule has 4 aliphatic heterocycles. The third-order valence-corrected chi connectivity index (χ3v) is 6.03. The Morgan fingerprint density at radius 2 is 2.00 bits per heavy atom. The predicted molar refractivity (Wildman–Crippen MR) is 70.1 cm³/mol. The first-order valence-electron chi connectivity index (χ1n) is 6.37. The molecule has 5 heterocycles. The lowest BCUT2D eigenvalue weighted by molar-refractivity contribution is -0.141. The summed E-state index contributed by atoms with van der Waals surface area (Å²) in [4.78, 5) is 6.68. The first-order chi connectivity index (χ1) is 8.12. The smallest absolute Gasteiger partial charge is 0.0507 e. The van der Waals surface area contributed by atoms with Gasteiger partial charge in [-0.15, -0.1) is 11.3 Å². The van der Waals surface area contributed by atoms with Gasteiger partial charge in [-0.25, -0.2) is 0 Å². The van der Waals surface area contributed by atoms with Crippen LogP contribution >= 0.6 is 11.3 Å². The first kappa shape index (κ1) is 10.5. The average molecular weight is 249 g/mol. The zero-order chi connectivity index (χ0) is 11.7. The van der Waals surface area contributed by atoms with Crippen LogP contribution in [0.3, 0.4) is 0 Å². The van der Waals surface area contributed by atoms with E-state index in [-0.39, 0.29) is 10.8 Å². The van der Waals surface area contributed by atoms with E-state index in [9.17, 15) is 0 Å². The number of rotatable bonds is 1. The summed E-state index contributed by atoms with van der Waals surface area (Å²) in [5, 5.41) is 2.19. The number of hydrogen-bond acceptors (Lipinski definition) is 4. The van der Waals surface area contributed by atoms with Crippen LogP contribution in [0.2, 0.25) is 0 Å². The molecule has 4 heteroatoms. The van der Waals surface area contributed by atoms with E-state index >= 15 is 0 Å². The van der Waals surface area contributed by atoms with Crippen LogP contribution < -0.4 is 5.73 Å². The number of nitrogens with two attached hydrogens (primary N) is 1. The second-order valence-electron chi connectivity index (χ2n) is 6.38. The number of piperidine rings is 2. The Labute approximate surface area is 106 Å². The summed E-state index contributed by atoms with van der Waals surface area (Å²) in [5.41, 5.74) is 7.15. The average Bonchev–Trinajstić information content (AvgIpc) is 2.78. The second-order valence-corrected chi connectivity index (χ2v) is 7.33. The Bertz CT molecular complexity index is 428. The van der Waals surface area contributed by atoms with Gasteiger partial charge in [0, 0.05) is 47.9 Å². The molecule has 0 saturated carbocycles. The summed E-state index contributed by atoms with van der Waals surface area (Å²) in [7, 11) is 0.